The predicted octanol–water partition coefficient (Wildman–Crippen LogP) is -0.621. The average molecular weight is 245 g/mol. The van der Waals surface area contributed by atoms with Crippen molar-refractivity contribution in [2.45, 2.75) is 25.7 Å². The van der Waals surface area contributed by atoms with Crippen molar-refractivity contribution in [1.82, 2.24) is 0 Å². The number of rotatable bonds is 0. The summed E-state index contributed by atoms with van der Waals surface area (Å²) in [5.41, 5.74) is 0. The van der Waals surface area contributed by atoms with Crippen LogP contribution in [-0.4, -0.2) is 0 Å². The van der Waals surface area contributed by atoms with Gasteiger partial charge in [0.1, 0.15) is 0 Å². The fourth-order valence-electron chi connectivity index (χ4n) is 0.856. The minimum Gasteiger partial charge on any atom is -1.00 e. The van der Waals surface area contributed by atoms with E-state index < -0.39 is 0 Å². The normalized spacial score (nSPS) is 19.2. The molecule has 10 heavy (non-hydrogen) atoms. The zero-order valence-electron chi connectivity index (χ0n) is 5.87. The van der Waals surface area contributed by atoms with Crippen molar-refractivity contribution in [2.75, 3.05) is 0 Å². The Morgan fingerprint density at radius 1 is 0.600 bits per heavy atom. The molecule has 1 saturated carbocycles. The molecule has 0 atom stereocenters. The van der Waals surface area contributed by atoms with E-state index >= 15 is 0 Å². The van der Waals surface area contributed by atoms with Crippen molar-refractivity contribution in [3.8, 4) is 0 Å². The summed E-state index contributed by atoms with van der Waals surface area (Å²) in [5, 5.41) is 0. The second-order valence-electron chi connectivity index (χ2n) is 2.10. The molecule has 4 radical (unpaired) electrons. The van der Waals surface area contributed by atoms with Gasteiger partial charge in [-0.2, -0.15) is 0 Å². The van der Waals surface area contributed by atoms with Gasteiger partial charge in [0.25, 0.3) is 0 Å². The second kappa shape index (κ2) is 9.91. The molecule has 0 amide bonds. The molecule has 1 aliphatic rings. The zero-order chi connectivity index (χ0) is 5.66. The first-order valence-corrected chi connectivity index (χ1v) is 3.30. The van der Waals surface area contributed by atoms with Crippen LogP contribution >= 0.6 is 0 Å². The van der Waals surface area contributed by atoms with Crippen LogP contribution < -0.4 is 12.4 Å². The van der Waals surface area contributed by atoms with Gasteiger partial charge in [0.15, 0.2) is 0 Å². The van der Waals surface area contributed by atoms with E-state index in [9.17, 15) is 0 Å². The third kappa shape index (κ3) is 7.03. The maximum Gasteiger partial charge on any atom is 2.00 e. The third-order valence-corrected chi connectivity index (χ3v) is 1.33. The molecule has 0 unspecified atom stereocenters. The molecule has 58 valence electrons. The van der Waals surface area contributed by atoms with Gasteiger partial charge in [0.2, 0.25) is 0 Å². The SMILES string of the molecule is [CH]1[CH]CC[CH][CH]CC1.[Cl-].[Ru+2]. The quantitative estimate of drug-likeness (QED) is 0.499. The van der Waals surface area contributed by atoms with Crippen molar-refractivity contribution in [3.63, 3.8) is 0 Å². The minimum absolute atomic E-state index is 0. The predicted molar refractivity (Wildman–Crippen MR) is 35.7 cm³/mol. The van der Waals surface area contributed by atoms with Crippen LogP contribution in [0.3, 0.4) is 0 Å². The molecule has 1 rings (SSSR count). The van der Waals surface area contributed by atoms with Crippen LogP contribution in [0.25, 0.3) is 0 Å². The summed E-state index contributed by atoms with van der Waals surface area (Å²) in [6.07, 6.45) is 14.0. The first kappa shape index (κ1) is 13.5. The first-order valence-electron chi connectivity index (χ1n) is 3.30. The molecule has 0 saturated heterocycles. The summed E-state index contributed by atoms with van der Waals surface area (Å²) in [6, 6.07) is 0. The Labute approximate surface area is 83.3 Å². The van der Waals surface area contributed by atoms with E-state index in [-0.39, 0.29) is 31.9 Å². The standard InChI is InChI=1S/C8H12.ClH.Ru/c1-2-4-6-8-7-5-3-1;;/h1-2,7-8H,3-6H2;1H;/q;;+2/p-1. The molecule has 0 aromatic heterocycles. The fraction of sp³-hybridized carbons (Fsp3) is 0.500. The largest absolute Gasteiger partial charge is 2.00 e. The van der Waals surface area contributed by atoms with Gasteiger partial charge in [-0.3, -0.25) is 0 Å². The van der Waals surface area contributed by atoms with E-state index in [1.165, 1.54) is 25.7 Å². The van der Waals surface area contributed by atoms with E-state index in [1.807, 2.05) is 0 Å². The summed E-state index contributed by atoms with van der Waals surface area (Å²) in [6.45, 7) is 0. The van der Waals surface area contributed by atoms with Crippen molar-refractivity contribution < 1.29 is 31.9 Å². The van der Waals surface area contributed by atoms with Crippen LogP contribution in [0, 0.1) is 25.7 Å². The topological polar surface area (TPSA) is 0 Å². The Kier molecular flexibility index (Phi) is 13.4. The van der Waals surface area contributed by atoms with Crippen molar-refractivity contribution >= 4 is 0 Å². The molecule has 0 N–H and O–H groups in total. The van der Waals surface area contributed by atoms with Crippen LogP contribution in [0.15, 0.2) is 0 Å². The van der Waals surface area contributed by atoms with E-state index in [1.54, 1.807) is 0 Å². The van der Waals surface area contributed by atoms with E-state index in [0.717, 1.165) is 0 Å². The van der Waals surface area contributed by atoms with Crippen molar-refractivity contribution in [1.29, 1.82) is 0 Å². The van der Waals surface area contributed by atoms with Gasteiger partial charge < -0.3 is 12.4 Å². The summed E-state index contributed by atoms with van der Waals surface area (Å²) < 4.78 is 0. The number of halogens is 1. The Hall–Kier alpha value is 0.913. The fourth-order valence-corrected chi connectivity index (χ4v) is 0.856. The summed E-state index contributed by atoms with van der Waals surface area (Å²) in [7, 11) is 0. The molecule has 0 nitrogen and oxygen atoms in total. The maximum atomic E-state index is 2.27. The van der Waals surface area contributed by atoms with Gasteiger partial charge in [-0.25, -0.2) is 0 Å². The number of hydrogen-bond acceptors (Lipinski definition) is 0. The molecule has 0 aromatic carbocycles. The Bertz CT molecular complexity index is 33.2. The van der Waals surface area contributed by atoms with Gasteiger partial charge in [-0.15, -0.1) is 0 Å². The molecule has 0 aliphatic heterocycles. The van der Waals surface area contributed by atoms with Gasteiger partial charge in [0, 0.05) is 0 Å². The van der Waals surface area contributed by atoms with Crippen molar-refractivity contribution in [3.05, 3.63) is 25.7 Å². The summed E-state index contributed by atoms with van der Waals surface area (Å²) >= 11 is 0. The minimum atomic E-state index is 0. The molecule has 2 heteroatoms. The van der Waals surface area contributed by atoms with Crippen LogP contribution in [0.1, 0.15) is 25.7 Å². The van der Waals surface area contributed by atoms with Gasteiger partial charge in [0.05, 0.1) is 0 Å². The third-order valence-electron chi connectivity index (χ3n) is 1.33. The molecule has 1 fully saturated rings. The van der Waals surface area contributed by atoms with Crippen LogP contribution in [-0.2, 0) is 19.5 Å². The molecule has 1 aliphatic carbocycles. The molecule has 0 heterocycles. The Morgan fingerprint density at radius 2 is 0.800 bits per heavy atom. The smallest absolute Gasteiger partial charge is 1.00 e. The van der Waals surface area contributed by atoms with Crippen LogP contribution in [0.5, 0.6) is 0 Å². The van der Waals surface area contributed by atoms with E-state index in [4.69, 9.17) is 0 Å². The van der Waals surface area contributed by atoms with E-state index in [0.29, 0.717) is 0 Å². The van der Waals surface area contributed by atoms with Gasteiger partial charge in [-0.05, 0) is 51.4 Å². The Balaban J connectivity index is 0. The van der Waals surface area contributed by atoms with Crippen molar-refractivity contribution in [2.24, 2.45) is 0 Å². The van der Waals surface area contributed by atoms with Crippen LogP contribution in [0.4, 0.5) is 0 Å². The van der Waals surface area contributed by atoms with Crippen LogP contribution in [0.2, 0.25) is 0 Å². The molecule has 0 aromatic rings. The zero-order valence-corrected chi connectivity index (χ0v) is 8.36. The second-order valence-corrected chi connectivity index (χ2v) is 2.10. The summed E-state index contributed by atoms with van der Waals surface area (Å²) in [5.74, 6) is 0. The maximum absolute atomic E-state index is 2.27. The Morgan fingerprint density at radius 3 is 1.00 bits per heavy atom. The average Bonchev–Trinajstić information content (AvgIpc) is 1.62. The summed E-state index contributed by atoms with van der Waals surface area (Å²) in [4.78, 5) is 0. The van der Waals surface area contributed by atoms with Gasteiger partial charge in [-0.1, -0.05) is 0 Å². The van der Waals surface area contributed by atoms with Gasteiger partial charge >= 0.3 is 19.5 Å². The molecule has 0 bridgehead atoms. The monoisotopic (exact) mass is 245 g/mol. The van der Waals surface area contributed by atoms with E-state index in [2.05, 4.69) is 25.7 Å². The number of hydrogen-bond donors (Lipinski definition) is 0. The molecular formula is C8H12ClRu+. The first-order chi connectivity index (χ1) is 4.00. The molecule has 0 spiro atoms. The molecular weight excluding hydrogens is 233 g/mol.